The summed E-state index contributed by atoms with van der Waals surface area (Å²) in [5.74, 6) is 4.93. The summed E-state index contributed by atoms with van der Waals surface area (Å²) in [6, 6.07) is 0. The fourth-order valence-corrected chi connectivity index (χ4v) is 2.91. The van der Waals surface area contributed by atoms with Crippen molar-refractivity contribution in [3.8, 4) is 0 Å². The molecule has 0 fully saturated rings. The van der Waals surface area contributed by atoms with Gasteiger partial charge in [-0.2, -0.15) is 0 Å². The van der Waals surface area contributed by atoms with Crippen LogP contribution in [0.25, 0.3) is 0 Å². The van der Waals surface area contributed by atoms with E-state index in [1.165, 1.54) is 25.7 Å². The number of unbranched alkanes of at least 4 members (excludes halogenated alkanes) is 3. The Bertz CT molecular complexity index is 50.5. The number of hydrogen-bond donors (Lipinski definition) is 0. The average Bonchev–Trinajstić information content (AvgIpc) is 1.80. The first kappa shape index (κ1) is 9.54. The summed E-state index contributed by atoms with van der Waals surface area (Å²) in [6.07, 6.45) is 5.82. The van der Waals surface area contributed by atoms with E-state index in [-0.39, 0.29) is 0 Å². The van der Waals surface area contributed by atoms with Crippen molar-refractivity contribution in [3.63, 3.8) is 0 Å². The molecule has 0 heterocycles. The summed E-state index contributed by atoms with van der Waals surface area (Å²) in [4.78, 5) is 0. The molecule has 0 bridgehead atoms. The third kappa shape index (κ3) is 8.54. The van der Waals surface area contributed by atoms with Gasteiger partial charge in [-0.3, -0.25) is 0 Å². The Hall–Kier alpha value is 0.543. The Morgan fingerprint density at radius 3 is 2.11 bits per heavy atom. The van der Waals surface area contributed by atoms with Gasteiger partial charge in [0.25, 0.3) is 0 Å². The van der Waals surface area contributed by atoms with E-state index in [2.05, 4.69) is 18.4 Å². The van der Waals surface area contributed by atoms with Crippen molar-refractivity contribution in [2.45, 2.75) is 49.4 Å². The summed E-state index contributed by atoms with van der Waals surface area (Å²) in [6.45, 7) is 2.27. The number of rotatable bonds is 5. The van der Waals surface area contributed by atoms with Gasteiger partial charge in [-0.1, -0.05) is 0 Å². The molecule has 0 aliphatic rings. The zero-order valence-electron chi connectivity index (χ0n) is 7.04. The molecule has 0 saturated carbocycles. The Kier molecular flexibility index (Phi) is 7.06. The van der Waals surface area contributed by atoms with Crippen LogP contribution in [0.15, 0.2) is 0 Å². The molecular weight excluding hydrogens is 169 g/mol. The second-order valence-electron chi connectivity index (χ2n) is 3.02. The molecule has 1 heteroatoms. The van der Waals surface area contributed by atoms with E-state index in [1.807, 2.05) is 0 Å². The molecule has 0 aromatic rings. The van der Waals surface area contributed by atoms with Gasteiger partial charge >= 0.3 is 63.7 Å². The summed E-state index contributed by atoms with van der Waals surface area (Å²) in [5.41, 5.74) is 0. The molecule has 0 aliphatic carbocycles. The second-order valence-corrected chi connectivity index (χ2v) is 9.13. The van der Waals surface area contributed by atoms with E-state index in [0.717, 1.165) is 0 Å². The van der Waals surface area contributed by atoms with Crippen LogP contribution in [-0.4, -0.2) is 14.3 Å². The van der Waals surface area contributed by atoms with Crippen LogP contribution in [0.5, 0.6) is 0 Å². The fourth-order valence-electron chi connectivity index (χ4n) is 0.905. The molecule has 0 saturated heterocycles. The quantitative estimate of drug-likeness (QED) is 0.458. The van der Waals surface area contributed by atoms with E-state index in [0.29, 0.717) is 0 Å². The minimum atomic E-state index is -0.437. The first-order chi connectivity index (χ1) is 4.27. The Morgan fingerprint density at radius 2 is 1.67 bits per heavy atom. The van der Waals surface area contributed by atoms with Crippen molar-refractivity contribution >= 4 is 14.3 Å². The van der Waals surface area contributed by atoms with Gasteiger partial charge in [0.1, 0.15) is 0 Å². The van der Waals surface area contributed by atoms with Crippen LogP contribution in [0.3, 0.4) is 0 Å². The molecule has 0 rings (SSSR count). The zero-order valence-corrected chi connectivity index (χ0v) is 9.13. The van der Waals surface area contributed by atoms with Crippen molar-refractivity contribution in [2.24, 2.45) is 0 Å². The van der Waals surface area contributed by atoms with Crippen LogP contribution >= 0.6 is 0 Å². The van der Waals surface area contributed by atoms with Gasteiger partial charge in [-0.05, 0) is 0 Å². The van der Waals surface area contributed by atoms with Crippen molar-refractivity contribution in [1.29, 1.82) is 0 Å². The van der Waals surface area contributed by atoms with Crippen molar-refractivity contribution in [3.05, 3.63) is 0 Å². The molecule has 0 unspecified atom stereocenters. The van der Waals surface area contributed by atoms with Crippen molar-refractivity contribution in [2.75, 3.05) is 0 Å². The zero-order chi connectivity index (χ0) is 7.11. The van der Waals surface area contributed by atoms with Crippen LogP contribution in [0.4, 0.5) is 0 Å². The third-order valence-corrected chi connectivity index (χ3v) is 4.37. The Morgan fingerprint density at radius 1 is 1.00 bits per heavy atom. The van der Waals surface area contributed by atoms with Gasteiger partial charge in [0, 0.05) is 0 Å². The van der Waals surface area contributed by atoms with Crippen LogP contribution < -0.4 is 0 Å². The van der Waals surface area contributed by atoms with Crippen LogP contribution in [-0.2, 0) is 0 Å². The van der Waals surface area contributed by atoms with Crippen LogP contribution in [0.1, 0.15) is 32.6 Å². The first-order valence-electron chi connectivity index (χ1n) is 4.06. The van der Waals surface area contributed by atoms with Crippen LogP contribution in [0, 0.1) is 0 Å². The van der Waals surface area contributed by atoms with E-state index < -0.39 is 14.3 Å². The Labute approximate surface area is 64.1 Å². The fraction of sp³-hybridized carbons (Fsp3) is 1.00. The third-order valence-electron chi connectivity index (χ3n) is 1.53. The van der Waals surface area contributed by atoms with Gasteiger partial charge in [-0.25, -0.2) is 0 Å². The van der Waals surface area contributed by atoms with E-state index in [9.17, 15) is 0 Å². The van der Waals surface area contributed by atoms with Crippen molar-refractivity contribution < 1.29 is 0 Å². The van der Waals surface area contributed by atoms with Gasteiger partial charge in [-0.15, -0.1) is 0 Å². The average molecular weight is 188 g/mol. The van der Waals surface area contributed by atoms with Gasteiger partial charge in [0.2, 0.25) is 0 Å². The van der Waals surface area contributed by atoms with Crippen LogP contribution in [0.2, 0.25) is 16.8 Å². The summed E-state index contributed by atoms with van der Waals surface area (Å²) in [5, 5.41) is 1.58. The molecule has 0 aromatic heterocycles. The van der Waals surface area contributed by atoms with Gasteiger partial charge < -0.3 is 0 Å². The van der Waals surface area contributed by atoms with Gasteiger partial charge in [0.05, 0.1) is 0 Å². The molecule has 0 aromatic carbocycles. The SMILES string of the molecule is CCCCC[CH2][Ge]([CH3])[CH3]. The normalized spacial score (nSPS) is 10.7. The van der Waals surface area contributed by atoms with E-state index in [1.54, 1.807) is 5.25 Å². The predicted octanol–water partition coefficient (Wildman–Crippen LogP) is 3.32. The van der Waals surface area contributed by atoms with Crippen molar-refractivity contribution in [1.82, 2.24) is 0 Å². The molecule has 0 spiro atoms. The Balaban J connectivity index is 2.75. The summed E-state index contributed by atoms with van der Waals surface area (Å²) < 4.78 is 0. The molecule has 0 nitrogen and oxygen atoms in total. The predicted molar refractivity (Wildman–Crippen MR) is 46.4 cm³/mol. The molecule has 0 aliphatic heterocycles. The maximum atomic E-state index is 2.46. The molecule has 1 radical (unpaired) electrons. The maximum absolute atomic E-state index is 2.46. The van der Waals surface area contributed by atoms with E-state index >= 15 is 0 Å². The summed E-state index contributed by atoms with van der Waals surface area (Å²) in [7, 11) is 0. The molecule has 55 valence electrons. The molecule has 0 amide bonds. The first-order valence-corrected chi connectivity index (χ1v) is 9.74. The standard InChI is InChI=1S/C8H19Ge/c1-4-5-6-7-8-9(2)3/h4-8H2,1-3H3. The second kappa shape index (κ2) is 6.66. The monoisotopic (exact) mass is 189 g/mol. The minimum absolute atomic E-state index is 0.437. The number of hydrogen-bond acceptors (Lipinski definition) is 0. The molecule has 9 heavy (non-hydrogen) atoms. The molecule has 0 atom stereocenters. The topological polar surface area (TPSA) is 0 Å². The summed E-state index contributed by atoms with van der Waals surface area (Å²) >= 11 is -0.437. The molecule has 0 N–H and O–H groups in total. The van der Waals surface area contributed by atoms with E-state index in [4.69, 9.17) is 0 Å². The molecular formula is C8H19Ge. The van der Waals surface area contributed by atoms with Gasteiger partial charge in [0.15, 0.2) is 0 Å².